The summed E-state index contributed by atoms with van der Waals surface area (Å²) in [6.07, 6.45) is 6.32. The molecule has 0 spiro atoms. The second kappa shape index (κ2) is 8.78. The van der Waals surface area contributed by atoms with Crippen molar-refractivity contribution >= 4 is 11.6 Å². The van der Waals surface area contributed by atoms with Gasteiger partial charge in [0.2, 0.25) is 5.91 Å². The van der Waals surface area contributed by atoms with Crippen LogP contribution in [-0.4, -0.2) is 58.5 Å². The van der Waals surface area contributed by atoms with Crippen molar-refractivity contribution in [2.45, 2.75) is 102 Å². The van der Waals surface area contributed by atoms with Crippen molar-refractivity contribution in [3.8, 4) is 0 Å². The molecular formula is C19H34N4O3. The van der Waals surface area contributed by atoms with Crippen molar-refractivity contribution in [2.24, 2.45) is 10.9 Å². The molecule has 3 aliphatic rings. The maximum absolute atomic E-state index is 12.8. The molecule has 1 amide bonds. The highest BCUT2D eigenvalue weighted by molar-refractivity contribution is 5.83. The lowest BCUT2D eigenvalue weighted by Crippen LogP contribution is -2.72. The van der Waals surface area contributed by atoms with E-state index in [1.54, 1.807) is 0 Å². The lowest BCUT2D eigenvalue weighted by molar-refractivity contribution is -0.135. The van der Waals surface area contributed by atoms with Gasteiger partial charge in [-0.25, -0.2) is 0 Å². The number of aliphatic hydroxyl groups excluding tert-OH is 2. The minimum atomic E-state index is -1.18. The molecule has 2 fully saturated rings. The normalized spacial score (nSPS) is 37.7. The third kappa shape index (κ3) is 4.63. The van der Waals surface area contributed by atoms with Gasteiger partial charge in [0.25, 0.3) is 0 Å². The molecule has 0 aromatic heterocycles. The number of aliphatic imine (C=N–C) groups is 1. The van der Waals surface area contributed by atoms with E-state index >= 15 is 0 Å². The topological polar surface area (TPSA) is 106 Å². The first-order chi connectivity index (χ1) is 12.5. The quantitative estimate of drug-likeness (QED) is 0.502. The van der Waals surface area contributed by atoms with Crippen LogP contribution in [0.3, 0.4) is 0 Å². The van der Waals surface area contributed by atoms with E-state index in [9.17, 15) is 15.0 Å². The van der Waals surface area contributed by atoms with Gasteiger partial charge < -0.3 is 15.5 Å². The van der Waals surface area contributed by atoms with Gasteiger partial charge in [0.05, 0.1) is 12.2 Å². The minimum Gasteiger partial charge on any atom is -0.387 e. The third-order valence-corrected chi connectivity index (χ3v) is 6.19. The van der Waals surface area contributed by atoms with E-state index in [0.29, 0.717) is 5.92 Å². The molecule has 7 nitrogen and oxygen atoms in total. The highest BCUT2D eigenvalue weighted by atomic mass is 16.3. The van der Waals surface area contributed by atoms with Gasteiger partial charge in [-0.15, -0.1) is 0 Å². The molecule has 0 aromatic carbocycles. The van der Waals surface area contributed by atoms with Gasteiger partial charge >= 0.3 is 0 Å². The number of carbonyl (C=O) groups is 1. The summed E-state index contributed by atoms with van der Waals surface area (Å²) >= 11 is 0. The molecule has 1 saturated carbocycles. The maximum Gasteiger partial charge on any atom is 0.240 e. The molecule has 6 atom stereocenters. The lowest BCUT2D eigenvalue weighted by atomic mass is 9.84. The zero-order chi connectivity index (χ0) is 18.7. The zero-order valence-electron chi connectivity index (χ0n) is 15.9. The van der Waals surface area contributed by atoms with Gasteiger partial charge in [0.15, 0.2) is 0 Å². The fraction of sp³-hybridized carbons (Fsp3) is 0.895. The first-order valence-corrected chi connectivity index (χ1v) is 10.2. The minimum absolute atomic E-state index is 0.0306. The van der Waals surface area contributed by atoms with Crippen LogP contribution in [0.4, 0.5) is 0 Å². The van der Waals surface area contributed by atoms with E-state index in [-0.39, 0.29) is 24.2 Å². The first-order valence-electron chi connectivity index (χ1n) is 10.2. The highest BCUT2D eigenvalue weighted by Gasteiger charge is 2.42. The number of nitrogens with zero attached hydrogens (tertiary/aromatic N) is 1. The SMILES string of the molecule is CC1=NC(C2NC(O)C(O)C(C(=O)N[C@H](C)C3CCCCC3)N2)CCC1. The van der Waals surface area contributed by atoms with E-state index < -0.39 is 18.4 Å². The summed E-state index contributed by atoms with van der Waals surface area (Å²) in [5.74, 6) is 0.260. The van der Waals surface area contributed by atoms with Gasteiger partial charge in [-0.05, 0) is 51.9 Å². The molecule has 26 heavy (non-hydrogen) atoms. The second-order valence-electron chi connectivity index (χ2n) is 8.24. The molecule has 0 bridgehead atoms. The van der Waals surface area contributed by atoms with E-state index in [0.717, 1.165) is 37.8 Å². The summed E-state index contributed by atoms with van der Waals surface area (Å²) in [7, 11) is 0. The van der Waals surface area contributed by atoms with Crippen LogP contribution < -0.4 is 16.0 Å². The molecule has 148 valence electrons. The monoisotopic (exact) mass is 366 g/mol. The Morgan fingerprint density at radius 1 is 1.15 bits per heavy atom. The Bertz CT molecular complexity index is 521. The number of hydrogen-bond acceptors (Lipinski definition) is 6. The highest BCUT2D eigenvalue weighted by Crippen LogP contribution is 2.26. The van der Waals surface area contributed by atoms with Gasteiger partial charge in [0.1, 0.15) is 18.4 Å². The number of hydrogen-bond donors (Lipinski definition) is 5. The number of aliphatic hydroxyl groups is 2. The number of carbonyl (C=O) groups excluding carboxylic acids is 1. The van der Waals surface area contributed by atoms with Gasteiger partial charge in [0, 0.05) is 11.8 Å². The van der Waals surface area contributed by atoms with Gasteiger partial charge in [-0.2, -0.15) is 0 Å². The van der Waals surface area contributed by atoms with Crippen molar-refractivity contribution in [1.82, 2.24) is 16.0 Å². The molecule has 2 aliphatic heterocycles. The zero-order valence-corrected chi connectivity index (χ0v) is 15.9. The van der Waals surface area contributed by atoms with E-state index in [1.165, 1.54) is 19.3 Å². The fourth-order valence-electron chi connectivity index (χ4n) is 4.54. The van der Waals surface area contributed by atoms with Crippen molar-refractivity contribution in [1.29, 1.82) is 0 Å². The summed E-state index contributed by atoms with van der Waals surface area (Å²) in [6.45, 7) is 4.06. The summed E-state index contributed by atoms with van der Waals surface area (Å²) < 4.78 is 0. The second-order valence-corrected chi connectivity index (χ2v) is 8.24. The first kappa shape index (κ1) is 19.7. The molecule has 0 aromatic rings. The largest absolute Gasteiger partial charge is 0.387 e. The average Bonchev–Trinajstić information content (AvgIpc) is 2.64. The Labute approximate surface area is 156 Å². The van der Waals surface area contributed by atoms with Crippen LogP contribution in [0.5, 0.6) is 0 Å². The van der Waals surface area contributed by atoms with Crippen molar-refractivity contribution in [3.05, 3.63) is 0 Å². The Morgan fingerprint density at radius 3 is 2.58 bits per heavy atom. The molecule has 1 aliphatic carbocycles. The molecule has 7 heteroatoms. The smallest absolute Gasteiger partial charge is 0.240 e. The molecular weight excluding hydrogens is 332 g/mol. The molecule has 2 heterocycles. The Morgan fingerprint density at radius 2 is 1.88 bits per heavy atom. The molecule has 3 rings (SSSR count). The molecule has 5 N–H and O–H groups in total. The molecule has 0 radical (unpaired) electrons. The summed E-state index contributed by atoms with van der Waals surface area (Å²) in [4.78, 5) is 17.5. The predicted octanol–water partition coefficient (Wildman–Crippen LogP) is 0.652. The Hall–Kier alpha value is -1.02. The average molecular weight is 367 g/mol. The van der Waals surface area contributed by atoms with Crippen molar-refractivity contribution < 1.29 is 15.0 Å². The standard InChI is InChI=1S/C19H34N4O3/c1-11-7-6-10-14(20-11)17-22-15(16(24)19(26)23-17)18(25)21-12(2)13-8-4-3-5-9-13/h12-17,19,22-24,26H,3-10H2,1-2H3,(H,21,25)/t12-,14?,15?,16?,17?,19?/m1/s1. The maximum atomic E-state index is 12.8. The lowest BCUT2D eigenvalue weighted by Gasteiger charge is -2.42. The van der Waals surface area contributed by atoms with Crippen LogP contribution in [0.15, 0.2) is 4.99 Å². The van der Waals surface area contributed by atoms with E-state index in [4.69, 9.17) is 0 Å². The summed E-state index contributed by atoms with van der Waals surface area (Å²) in [6, 6.07) is -0.783. The summed E-state index contributed by atoms with van der Waals surface area (Å²) in [5.41, 5.74) is 1.09. The third-order valence-electron chi connectivity index (χ3n) is 6.19. The van der Waals surface area contributed by atoms with Crippen LogP contribution in [0.1, 0.15) is 65.2 Å². The van der Waals surface area contributed by atoms with E-state index in [2.05, 4.69) is 20.9 Å². The number of rotatable bonds is 4. The fourth-order valence-corrected chi connectivity index (χ4v) is 4.54. The number of amides is 1. The van der Waals surface area contributed by atoms with Crippen LogP contribution in [-0.2, 0) is 4.79 Å². The van der Waals surface area contributed by atoms with Crippen LogP contribution in [0.25, 0.3) is 0 Å². The predicted molar refractivity (Wildman–Crippen MR) is 101 cm³/mol. The van der Waals surface area contributed by atoms with Gasteiger partial charge in [-0.1, -0.05) is 19.3 Å². The Balaban J connectivity index is 1.62. The Kier molecular flexibility index (Phi) is 6.66. The van der Waals surface area contributed by atoms with Crippen LogP contribution in [0, 0.1) is 5.92 Å². The van der Waals surface area contributed by atoms with E-state index in [1.807, 2.05) is 13.8 Å². The number of nitrogens with one attached hydrogen (secondary N) is 3. The van der Waals surface area contributed by atoms with Crippen LogP contribution >= 0.6 is 0 Å². The van der Waals surface area contributed by atoms with Crippen molar-refractivity contribution in [3.63, 3.8) is 0 Å². The molecule has 5 unspecified atom stereocenters. The summed E-state index contributed by atoms with van der Waals surface area (Å²) in [5, 5.41) is 29.8. The molecule has 1 saturated heterocycles. The van der Waals surface area contributed by atoms with Gasteiger partial charge in [-0.3, -0.25) is 20.4 Å². The van der Waals surface area contributed by atoms with Crippen molar-refractivity contribution in [2.75, 3.05) is 0 Å². The van der Waals surface area contributed by atoms with Crippen LogP contribution in [0.2, 0.25) is 0 Å².